The molecule has 1 atom stereocenters. The standard InChI is InChI=1S/C16H17NO4S/c1-16(20,13-4-3-9-22-13)10-17-14(18)11-5-7-12(8-6-11)15(19)21-2/h3-9,20H,10H2,1-2H3,(H,17,18)/t16-/m0/s1. The van der Waals surface area contributed by atoms with E-state index in [0.717, 1.165) is 4.88 Å². The first-order valence-corrected chi connectivity index (χ1v) is 7.55. The minimum atomic E-state index is -1.12. The van der Waals surface area contributed by atoms with Crippen molar-refractivity contribution in [3.63, 3.8) is 0 Å². The number of benzene rings is 1. The molecule has 0 aliphatic carbocycles. The van der Waals surface area contributed by atoms with Gasteiger partial charge in [-0.15, -0.1) is 11.3 Å². The smallest absolute Gasteiger partial charge is 0.337 e. The van der Waals surface area contributed by atoms with E-state index in [1.54, 1.807) is 19.1 Å². The molecule has 2 rings (SSSR count). The van der Waals surface area contributed by atoms with Gasteiger partial charge in [0, 0.05) is 10.4 Å². The van der Waals surface area contributed by atoms with Crippen molar-refractivity contribution in [3.8, 4) is 0 Å². The summed E-state index contributed by atoms with van der Waals surface area (Å²) in [6, 6.07) is 9.81. The van der Waals surface area contributed by atoms with Gasteiger partial charge in [0.1, 0.15) is 5.60 Å². The number of nitrogens with one attached hydrogen (secondary N) is 1. The minimum absolute atomic E-state index is 0.102. The van der Waals surface area contributed by atoms with Gasteiger partial charge >= 0.3 is 5.97 Å². The van der Waals surface area contributed by atoms with E-state index in [-0.39, 0.29) is 12.5 Å². The van der Waals surface area contributed by atoms with Crippen LogP contribution in [0.4, 0.5) is 0 Å². The number of rotatable bonds is 5. The number of aliphatic hydroxyl groups is 1. The number of esters is 1. The van der Waals surface area contributed by atoms with Crippen molar-refractivity contribution in [2.45, 2.75) is 12.5 Å². The largest absolute Gasteiger partial charge is 0.465 e. The lowest BCUT2D eigenvalue weighted by molar-refractivity contribution is 0.0557. The van der Waals surface area contributed by atoms with Crippen molar-refractivity contribution in [2.75, 3.05) is 13.7 Å². The van der Waals surface area contributed by atoms with Gasteiger partial charge < -0.3 is 15.2 Å². The van der Waals surface area contributed by atoms with Crippen molar-refractivity contribution in [1.29, 1.82) is 0 Å². The number of amides is 1. The van der Waals surface area contributed by atoms with Gasteiger partial charge in [0.2, 0.25) is 0 Å². The molecule has 0 aliphatic rings. The lowest BCUT2D eigenvalue weighted by atomic mass is 10.0. The average molecular weight is 319 g/mol. The molecule has 2 aromatic rings. The fraction of sp³-hybridized carbons (Fsp3) is 0.250. The number of hydrogen-bond acceptors (Lipinski definition) is 5. The molecule has 6 heteroatoms. The van der Waals surface area contributed by atoms with Gasteiger partial charge in [0.25, 0.3) is 5.91 Å². The maximum Gasteiger partial charge on any atom is 0.337 e. The fourth-order valence-corrected chi connectivity index (χ4v) is 2.69. The third-order valence-electron chi connectivity index (χ3n) is 3.21. The van der Waals surface area contributed by atoms with Crippen molar-refractivity contribution >= 4 is 23.2 Å². The molecule has 0 saturated carbocycles. The molecule has 116 valence electrons. The summed E-state index contributed by atoms with van der Waals surface area (Å²) in [6.07, 6.45) is 0. The molecule has 1 aromatic heterocycles. The van der Waals surface area contributed by atoms with Crippen LogP contribution in [0.5, 0.6) is 0 Å². The molecule has 0 spiro atoms. The number of carbonyl (C=O) groups is 2. The number of hydrogen-bond donors (Lipinski definition) is 2. The predicted molar refractivity (Wildman–Crippen MR) is 84.0 cm³/mol. The van der Waals surface area contributed by atoms with Gasteiger partial charge in [-0.3, -0.25) is 4.79 Å². The van der Waals surface area contributed by atoms with Crippen LogP contribution < -0.4 is 5.32 Å². The van der Waals surface area contributed by atoms with Crippen molar-refractivity contribution in [2.24, 2.45) is 0 Å². The van der Waals surface area contributed by atoms with E-state index in [1.807, 2.05) is 17.5 Å². The molecule has 2 N–H and O–H groups in total. The molecule has 1 amide bonds. The van der Waals surface area contributed by atoms with Crippen LogP contribution in [-0.4, -0.2) is 30.6 Å². The molecule has 5 nitrogen and oxygen atoms in total. The van der Waals surface area contributed by atoms with Crippen LogP contribution in [-0.2, 0) is 10.3 Å². The van der Waals surface area contributed by atoms with Gasteiger partial charge in [0.05, 0.1) is 19.2 Å². The molecule has 0 fully saturated rings. The van der Waals surface area contributed by atoms with Crippen LogP contribution in [0, 0.1) is 0 Å². The topological polar surface area (TPSA) is 75.6 Å². The molecule has 22 heavy (non-hydrogen) atoms. The summed E-state index contributed by atoms with van der Waals surface area (Å²) in [4.78, 5) is 24.2. The van der Waals surface area contributed by atoms with E-state index in [2.05, 4.69) is 10.1 Å². The zero-order valence-electron chi connectivity index (χ0n) is 12.3. The highest BCUT2D eigenvalue weighted by molar-refractivity contribution is 7.10. The molecule has 0 bridgehead atoms. The van der Waals surface area contributed by atoms with Crippen LogP contribution in [0.3, 0.4) is 0 Å². The fourth-order valence-electron chi connectivity index (χ4n) is 1.90. The molecule has 0 radical (unpaired) electrons. The second-order valence-electron chi connectivity index (χ2n) is 5.00. The molecule has 1 heterocycles. The first kappa shape index (κ1) is 16.2. The molecule has 1 aromatic carbocycles. The Morgan fingerprint density at radius 3 is 2.41 bits per heavy atom. The van der Waals surface area contributed by atoms with E-state index in [0.29, 0.717) is 11.1 Å². The third-order valence-corrected chi connectivity index (χ3v) is 4.34. The number of carbonyl (C=O) groups excluding carboxylic acids is 2. The summed E-state index contributed by atoms with van der Waals surface area (Å²) < 4.78 is 4.60. The SMILES string of the molecule is COC(=O)c1ccc(C(=O)NC[C@](C)(O)c2cccs2)cc1. The number of methoxy groups -OCH3 is 1. The maximum atomic E-state index is 12.1. The van der Waals surface area contributed by atoms with Crippen molar-refractivity contribution in [1.82, 2.24) is 5.32 Å². The Bertz CT molecular complexity index is 647. The van der Waals surface area contributed by atoms with E-state index < -0.39 is 11.6 Å². The zero-order valence-corrected chi connectivity index (χ0v) is 13.1. The van der Waals surface area contributed by atoms with Crippen LogP contribution in [0.2, 0.25) is 0 Å². The minimum Gasteiger partial charge on any atom is -0.465 e. The van der Waals surface area contributed by atoms with E-state index >= 15 is 0 Å². The Hall–Kier alpha value is -2.18. The Balaban J connectivity index is 1.99. The first-order valence-electron chi connectivity index (χ1n) is 6.67. The second-order valence-corrected chi connectivity index (χ2v) is 5.95. The average Bonchev–Trinajstić information content (AvgIpc) is 3.07. The quantitative estimate of drug-likeness (QED) is 0.828. The normalized spacial score (nSPS) is 13.2. The van der Waals surface area contributed by atoms with Crippen LogP contribution in [0.25, 0.3) is 0 Å². The van der Waals surface area contributed by atoms with Crippen molar-refractivity contribution < 1.29 is 19.4 Å². The monoisotopic (exact) mass is 319 g/mol. The van der Waals surface area contributed by atoms with Gasteiger partial charge in [-0.25, -0.2) is 4.79 Å². The van der Waals surface area contributed by atoms with Crippen molar-refractivity contribution in [3.05, 3.63) is 57.8 Å². The van der Waals surface area contributed by atoms with Gasteiger partial charge in [-0.1, -0.05) is 6.07 Å². The molecular weight excluding hydrogens is 302 g/mol. The van der Waals surface area contributed by atoms with Gasteiger partial charge in [0.15, 0.2) is 0 Å². The van der Waals surface area contributed by atoms with E-state index in [1.165, 1.54) is 30.6 Å². The maximum absolute atomic E-state index is 12.1. The highest BCUT2D eigenvalue weighted by Crippen LogP contribution is 2.24. The van der Waals surface area contributed by atoms with Gasteiger partial charge in [-0.05, 0) is 42.6 Å². The van der Waals surface area contributed by atoms with Crippen LogP contribution >= 0.6 is 11.3 Å². The Kier molecular flexibility index (Phi) is 4.95. The third kappa shape index (κ3) is 3.72. The van der Waals surface area contributed by atoms with Crippen LogP contribution in [0.15, 0.2) is 41.8 Å². The first-order chi connectivity index (χ1) is 10.4. The summed E-state index contributed by atoms with van der Waals surface area (Å²) >= 11 is 1.43. The predicted octanol–water partition coefficient (Wildman–Crippen LogP) is 2.17. The Morgan fingerprint density at radius 1 is 1.23 bits per heavy atom. The Morgan fingerprint density at radius 2 is 1.86 bits per heavy atom. The lowest BCUT2D eigenvalue weighted by Crippen LogP contribution is -2.38. The van der Waals surface area contributed by atoms with Crippen LogP contribution in [0.1, 0.15) is 32.5 Å². The highest BCUT2D eigenvalue weighted by Gasteiger charge is 2.25. The summed E-state index contributed by atoms with van der Waals surface area (Å²) in [5, 5.41) is 14.9. The number of ether oxygens (including phenoxy) is 1. The second kappa shape index (κ2) is 6.72. The Labute approximate surface area is 132 Å². The lowest BCUT2D eigenvalue weighted by Gasteiger charge is -2.22. The summed E-state index contributed by atoms with van der Waals surface area (Å²) in [6.45, 7) is 1.75. The summed E-state index contributed by atoms with van der Waals surface area (Å²) in [7, 11) is 1.30. The van der Waals surface area contributed by atoms with E-state index in [4.69, 9.17) is 0 Å². The molecule has 0 saturated heterocycles. The van der Waals surface area contributed by atoms with Gasteiger partial charge in [-0.2, -0.15) is 0 Å². The summed E-state index contributed by atoms with van der Waals surface area (Å²) in [5.41, 5.74) is -0.324. The molecule has 0 unspecified atom stereocenters. The highest BCUT2D eigenvalue weighted by atomic mass is 32.1. The zero-order chi connectivity index (χ0) is 16.2. The molecular formula is C16H17NO4S. The van der Waals surface area contributed by atoms with E-state index in [9.17, 15) is 14.7 Å². The molecule has 0 aliphatic heterocycles. The summed E-state index contributed by atoms with van der Waals surface area (Å²) in [5.74, 6) is -0.763. The number of thiophene rings is 1.